The third-order valence-electron chi connectivity index (χ3n) is 3.46. The molecule has 0 bridgehead atoms. The maximum Gasteiger partial charge on any atom is 0.0763 e. The lowest BCUT2D eigenvalue weighted by Crippen LogP contribution is -2.33. The van der Waals surface area contributed by atoms with Crippen molar-refractivity contribution in [2.24, 2.45) is 5.92 Å². The molecule has 1 aromatic carbocycles. The number of nitrogens with one attached hydrogen (secondary N) is 1. The molecule has 0 heterocycles. The summed E-state index contributed by atoms with van der Waals surface area (Å²) in [5.41, 5.74) is 2.76. The highest BCUT2D eigenvalue weighted by molar-refractivity contribution is 5.27. The molecule has 0 aromatic heterocycles. The van der Waals surface area contributed by atoms with Crippen LogP contribution in [-0.2, 0) is 11.2 Å². The van der Waals surface area contributed by atoms with E-state index in [1.165, 1.54) is 11.1 Å². The topological polar surface area (TPSA) is 21.3 Å². The molecule has 1 N–H and O–H groups in total. The van der Waals surface area contributed by atoms with Crippen molar-refractivity contribution in [3.8, 4) is 0 Å². The molecule has 1 aromatic rings. The fourth-order valence-electron chi connectivity index (χ4n) is 2.61. The van der Waals surface area contributed by atoms with Gasteiger partial charge in [0.25, 0.3) is 0 Å². The highest BCUT2D eigenvalue weighted by Crippen LogP contribution is 2.23. The monoisotopic (exact) mass is 263 g/mol. The van der Waals surface area contributed by atoms with E-state index in [0.717, 1.165) is 19.4 Å². The first-order valence-corrected chi connectivity index (χ1v) is 7.47. The molecule has 0 saturated heterocycles. The number of hydrogen-bond donors (Lipinski definition) is 1. The molecule has 0 saturated carbocycles. The summed E-state index contributed by atoms with van der Waals surface area (Å²) in [6.07, 6.45) is 2.38. The lowest BCUT2D eigenvalue weighted by atomic mass is 9.95. The van der Waals surface area contributed by atoms with Gasteiger partial charge in [0.15, 0.2) is 0 Å². The van der Waals surface area contributed by atoms with E-state index in [-0.39, 0.29) is 12.1 Å². The number of benzene rings is 1. The van der Waals surface area contributed by atoms with E-state index in [9.17, 15) is 0 Å². The summed E-state index contributed by atoms with van der Waals surface area (Å²) in [7, 11) is 1.80. The Bertz CT molecular complexity index is 358. The minimum Gasteiger partial charge on any atom is -0.379 e. The quantitative estimate of drug-likeness (QED) is 0.766. The average molecular weight is 263 g/mol. The molecule has 19 heavy (non-hydrogen) atoms. The summed E-state index contributed by atoms with van der Waals surface area (Å²) in [6, 6.07) is 9.21. The van der Waals surface area contributed by atoms with Crippen LogP contribution in [-0.4, -0.2) is 19.8 Å². The van der Waals surface area contributed by atoms with Crippen molar-refractivity contribution in [3.63, 3.8) is 0 Å². The Labute approximate surface area is 118 Å². The molecule has 0 aliphatic heterocycles. The molecule has 1 rings (SSSR count). The van der Waals surface area contributed by atoms with Crippen LogP contribution in [0, 0.1) is 5.92 Å². The second kappa shape index (κ2) is 8.34. The van der Waals surface area contributed by atoms with Crippen molar-refractivity contribution in [2.75, 3.05) is 13.7 Å². The van der Waals surface area contributed by atoms with Gasteiger partial charge >= 0.3 is 0 Å². The Hall–Kier alpha value is -0.860. The van der Waals surface area contributed by atoms with Crippen LogP contribution >= 0.6 is 0 Å². The molecule has 0 radical (unpaired) electrons. The number of likely N-dealkylation sites (N-methyl/N-ethyl adjacent to an activating group) is 1. The van der Waals surface area contributed by atoms with E-state index in [2.05, 4.69) is 57.3 Å². The van der Waals surface area contributed by atoms with Crippen molar-refractivity contribution < 1.29 is 4.74 Å². The molecule has 2 atom stereocenters. The molecule has 0 aliphatic rings. The zero-order valence-corrected chi connectivity index (χ0v) is 13.1. The maximum atomic E-state index is 5.63. The summed E-state index contributed by atoms with van der Waals surface area (Å²) in [6.45, 7) is 9.81. The van der Waals surface area contributed by atoms with E-state index < -0.39 is 0 Å². The minimum atomic E-state index is 0.231. The van der Waals surface area contributed by atoms with Gasteiger partial charge in [-0.25, -0.2) is 0 Å². The highest BCUT2D eigenvalue weighted by Gasteiger charge is 2.20. The average Bonchev–Trinajstić information content (AvgIpc) is 2.38. The Kier molecular flexibility index (Phi) is 7.11. The van der Waals surface area contributed by atoms with Crippen molar-refractivity contribution in [1.29, 1.82) is 0 Å². The zero-order chi connectivity index (χ0) is 14.3. The van der Waals surface area contributed by atoms with Gasteiger partial charge in [-0.05, 0) is 36.4 Å². The van der Waals surface area contributed by atoms with E-state index in [0.29, 0.717) is 5.92 Å². The van der Waals surface area contributed by atoms with Crippen LogP contribution in [0.1, 0.15) is 51.3 Å². The van der Waals surface area contributed by atoms with Gasteiger partial charge in [-0.3, -0.25) is 0 Å². The predicted octanol–water partition coefficient (Wildman–Crippen LogP) is 3.96. The fourth-order valence-corrected chi connectivity index (χ4v) is 2.61. The van der Waals surface area contributed by atoms with Gasteiger partial charge < -0.3 is 10.1 Å². The van der Waals surface area contributed by atoms with Crippen LogP contribution in [0.5, 0.6) is 0 Å². The molecule has 2 heteroatoms. The lowest BCUT2D eigenvalue weighted by Gasteiger charge is -2.26. The Morgan fingerprint density at radius 3 is 2.47 bits per heavy atom. The summed E-state index contributed by atoms with van der Waals surface area (Å²) in [4.78, 5) is 0. The molecule has 2 nitrogen and oxygen atoms in total. The van der Waals surface area contributed by atoms with E-state index in [1.807, 2.05) is 0 Å². The van der Waals surface area contributed by atoms with Crippen molar-refractivity contribution in [2.45, 2.75) is 52.7 Å². The zero-order valence-electron chi connectivity index (χ0n) is 13.1. The fraction of sp³-hybridized carbons (Fsp3) is 0.647. The standard InChI is InChI=1S/C17H29NO/c1-6-16(19-5)17(18-7-2)15-10-8-9-14(12-15)11-13(3)4/h8-10,12-13,16-18H,6-7,11H2,1-5H3. The SMILES string of the molecule is CCNC(c1cccc(CC(C)C)c1)C(CC)OC. The second-order valence-corrected chi connectivity index (χ2v) is 5.56. The lowest BCUT2D eigenvalue weighted by molar-refractivity contribution is 0.0656. The van der Waals surface area contributed by atoms with E-state index in [1.54, 1.807) is 7.11 Å². The third-order valence-corrected chi connectivity index (χ3v) is 3.46. The Balaban J connectivity index is 2.94. The first-order valence-electron chi connectivity index (χ1n) is 7.47. The second-order valence-electron chi connectivity index (χ2n) is 5.56. The normalized spacial score (nSPS) is 14.6. The number of hydrogen-bond acceptors (Lipinski definition) is 2. The van der Waals surface area contributed by atoms with Crippen LogP contribution < -0.4 is 5.32 Å². The van der Waals surface area contributed by atoms with Crippen molar-refractivity contribution in [3.05, 3.63) is 35.4 Å². The van der Waals surface area contributed by atoms with E-state index >= 15 is 0 Å². The molecule has 0 aliphatic carbocycles. The van der Waals surface area contributed by atoms with Crippen molar-refractivity contribution >= 4 is 0 Å². The van der Waals surface area contributed by atoms with Gasteiger partial charge in [-0.1, -0.05) is 52.0 Å². The number of methoxy groups -OCH3 is 1. The third kappa shape index (κ3) is 4.96. The van der Waals surface area contributed by atoms with E-state index in [4.69, 9.17) is 4.74 Å². The molecular formula is C17H29NO. The van der Waals surface area contributed by atoms with Gasteiger partial charge in [0.2, 0.25) is 0 Å². The predicted molar refractivity (Wildman–Crippen MR) is 82.5 cm³/mol. The molecule has 108 valence electrons. The summed E-state index contributed by atoms with van der Waals surface area (Å²) in [5.74, 6) is 0.692. The molecule has 0 amide bonds. The van der Waals surface area contributed by atoms with Gasteiger partial charge in [0.05, 0.1) is 12.1 Å². The molecular weight excluding hydrogens is 234 g/mol. The van der Waals surface area contributed by atoms with Gasteiger partial charge in [-0.15, -0.1) is 0 Å². The van der Waals surface area contributed by atoms with Crippen LogP contribution in [0.25, 0.3) is 0 Å². The molecule has 0 spiro atoms. The number of ether oxygens (including phenoxy) is 1. The summed E-state index contributed by atoms with van der Waals surface area (Å²) >= 11 is 0. The first kappa shape index (κ1) is 16.2. The molecule has 2 unspecified atom stereocenters. The van der Waals surface area contributed by atoms with Crippen LogP contribution in [0.3, 0.4) is 0 Å². The largest absolute Gasteiger partial charge is 0.379 e. The van der Waals surface area contributed by atoms with Crippen molar-refractivity contribution in [1.82, 2.24) is 5.32 Å². The number of rotatable bonds is 8. The van der Waals surface area contributed by atoms with Crippen LogP contribution in [0.4, 0.5) is 0 Å². The minimum absolute atomic E-state index is 0.231. The first-order chi connectivity index (χ1) is 9.12. The van der Waals surface area contributed by atoms with Gasteiger partial charge in [0, 0.05) is 7.11 Å². The molecule has 0 fully saturated rings. The smallest absolute Gasteiger partial charge is 0.0763 e. The maximum absolute atomic E-state index is 5.63. The Morgan fingerprint density at radius 2 is 1.95 bits per heavy atom. The highest BCUT2D eigenvalue weighted by atomic mass is 16.5. The summed E-state index contributed by atoms with van der Waals surface area (Å²) in [5, 5.41) is 3.56. The Morgan fingerprint density at radius 1 is 1.21 bits per heavy atom. The van der Waals surface area contributed by atoms with Gasteiger partial charge in [-0.2, -0.15) is 0 Å². The van der Waals surface area contributed by atoms with Crippen LogP contribution in [0.15, 0.2) is 24.3 Å². The van der Waals surface area contributed by atoms with Gasteiger partial charge in [0.1, 0.15) is 0 Å². The van der Waals surface area contributed by atoms with Crippen LogP contribution in [0.2, 0.25) is 0 Å². The summed E-state index contributed by atoms with van der Waals surface area (Å²) < 4.78 is 5.63.